The zero-order chi connectivity index (χ0) is 79.6. The number of primary amides is 1. The maximum atomic E-state index is 14.6. The number of phenolic OH excluding ortho intramolecular Hbond substituents is 1. The Morgan fingerprint density at radius 3 is 1.28 bits per heavy atom. The number of phenols is 1. The smallest absolute Gasteiger partial charge is 0.305 e. The minimum absolute atomic E-state index is 0.0496. The van der Waals surface area contributed by atoms with E-state index in [2.05, 4.69) is 69.1 Å². The number of aliphatic carboxylic acids is 2. The summed E-state index contributed by atoms with van der Waals surface area (Å²) in [5, 5.41) is 71.3. The SMILES string of the molecule is CC[C@H](C)[C@H](NC(=O)CNC(=O)[C@H](CCCCN)NC(=O)[C@H](CO)NC(=O)[C@H](CCCCN)NC(=O)CNC(=O)[C@H](CC(=O)O)NC(C)=O)C(=O)N[C@@H](C)C(=O)N[C@@H](Cc1ccc(O)cc1)C(=O)N[C@H](C(=O)N[C@@H](CCC(=O)O)C(=O)N[C@@H](Cc1ccccc1)C(=O)N[C@@H](CCCCN)C(N)=O)[C@@H](C)CC. The number of unbranched alkanes of at least 4 members (excludes halogenated alkanes) is 3. The summed E-state index contributed by atoms with van der Waals surface area (Å²) in [6.45, 7) is 7.08. The van der Waals surface area contributed by atoms with Crippen molar-refractivity contribution in [2.24, 2.45) is 34.8 Å². The van der Waals surface area contributed by atoms with Crippen molar-refractivity contribution in [3.05, 3.63) is 65.7 Å². The lowest BCUT2D eigenvalue weighted by molar-refractivity contribution is -0.141. The molecule has 0 saturated carbocycles. The van der Waals surface area contributed by atoms with E-state index >= 15 is 0 Å². The van der Waals surface area contributed by atoms with Crippen molar-refractivity contribution in [1.29, 1.82) is 0 Å². The molecule has 0 fully saturated rings. The van der Waals surface area contributed by atoms with Crippen LogP contribution in [0.3, 0.4) is 0 Å². The van der Waals surface area contributed by atoms with Crippen LogP contribution in [0.5, 0.6) is 5.75 Å². The van der Waals surface area contributed by atoms with Gasteiger partial charge in [0, 0.05) is 26.2 Å². The van der Waals surface area contributed by atoms with E-state index in [0.717, 1.165) is 6.92 Å². The zero-order valence-corrected chi connectivity index (χ0v) is 60.9. The third-order valence-electron chi connectivity index (χ3n) is 17.1. The molecule has 0 bridgehead atoms. The predicted octanol–water partition coefficient (Wildman–Crippen LogP) is -4.92. The van der Waals surface area contributed by atoms with Crippen LogP contribution >= 0.6 is 0 Å². The lowest BCUT2D eigenvalue weighted by Gasteiger charge is -2.30. The monoisotopic (exact) mass is 1500 g/mol. The van der Waals surface area contributed by atoms with Crippen LogP contribution in [0.1, 0.15) is 143 Å². The second kappa shape index (κ2) is 49.3. The second-order valence-corrected chi connectivity index (χ2v) is 25.7. The van der Waals surface area contributed by atoms with Gasteiger partial charge in [-0.25, -0.2) is 0 Å². The number of benzene rings is 2. The van der Waals surface area contributed by atoms with Crippen molar-refractivity contribution in [2.45, 2.75) is 211 Å². The van der Waals surface area contributed by atoms with Crippen molar-refractivity contribution in [3.63, 3.8) is 0 Å². The van der Waals surface area contributed by atoms with E-state index in [1.165, 1.54) is 31.2 Å². The van der Waals surface area contributed by atoms with Crippen LogP contribution in [0.15, 0.2) is 54.6 Å². The van der Waals surface area contributed by atoms with Gasteiger partial charge in [-0.15, -0.1) is 0 Å². The number of amides is 14. The van der Waals surface area contributed by atoms with E-state index in [4.69, 9.17) is 28.0 Å². The summed E-state index contributed by atoms with van der Waals surface area (Å²) < 4.78 is 0. The van der Waals surface area contributed by atoms with E-state index < -0.39 is 212 Å². The molecule has 25 N–H and O–H groups in total. The molecule has 0 heterocycles. The lowest BCUT2D eigenvalue weighted by atomic mass is 9.96. The van der Waals surface area contributed by atoms with Gasteiger partial charge < -0.3 is 112 Å². The summed E-state index contributed by atoms with van der Waals surface area (Å²) in [6, 6.07) is -2.01. The maximum absolute atomic E-state index is 14.6. The molecular weight excluding hydrogens is 1390 g/mol. The molecule has 0 radical (unpaired) electrons. The van der Waals surface area contributed by atoms with Crippen molar-refractivity contribution >= 4 is 94.6 Å². The number of hydrogen-bond donors (Lipinski definition) is 21. The lowest BCUT2D eigenvalue weighted by Crippen LogP contribution is -2.61. The Balaban J connectivity index is 2.36. The number of carboxylic acids is 2. The maximum Gasteiger partial charge on any atom is 0.305 e. The Morgan fingerprint density at radius 1 is 0.406 bits per heavy atom. The predicted molar refractivity (Wildman–Crippen MR) is 384 cm³/mol. The Morgan fingerprint density at radius 2 is 0.802 bits per heavy atom. The average Bonchev–Trinajstić information content (AvgIpc) is 0.858. The van der Waals surface area contributed by atoms with Gasteiger partial charge in [0.2, 0.25) is 82.7 Å². The van der Waals surface area contributed by atoms with Gasteiger partial charge in [0.1, 0.15) is 72.2 Å². The number of aliphatic hydroxyl groups excluding tert-OH is 1. The highest BCUT2D eigenvalue weighted by Gasteiger charge is 2.37. The minimum atomic E-state index is -1.73. The first-order chi connectivity index (χ1) is 50.2. The topological polar surface area (TPSA) is 615 Å². The van der Waals surface area contributed by atoms with Gasteiger partial charge >= 0.3 is 11.9 Å². The largest absolute Gasteiger partial charge is 0.508 e. The number of hydrogen-bond acceptors (Lipinski definition) is 21. The number of aliphatic hydroxyl groups is 1. The van der Waals surface area contributed by atoms with Gasteiger partial charge in [0.15, 0.2) is 0 Å². The first-order valence-corrected chi connectivity index (χ1v) is 35.3. The first kappa shape index (κ1) is 91.7. The number of carboxylic acid groups (broad SMARTS) is 2. The normalized spacial score (nSPS) is 14.7. The number of nitrogens with two attached hydrogens (primary N) is 4. The standard InChI is InChI=1S/C69H109N17O20/c1-7-38(3)57(85-54(91)36-74-61(98)46(21-13-16-30-71)80-67(104)52(37-87)84-63(100)47(22-14-17-31-72)78-53(90)35-75-62(99)51(34-56(94)95)77-41(6)88)68(105)76-40(5)60(97)82-50(33-43-23-25-44(89)26-24-43)66(103)86-58(39(4)8-2)69(106)81-48(27-28-55(92)93)64(101)83-49(32-42-18-10-9-11-19-42)65(102)79-45(59(73)96)20-12-15-29-70/h9-11,18-19,23-26,38-40,45-52,57-58,87,89H,7-8,12-17,20-22,27-37,70-72H2,1-6H3,(H2,73,96)(H,74,98)(H,75,99)(H,76,105)(H,77,88)(H,78,90)(H,79,102)(H,80,104)(H,81,106)(H,82,97)(H,83,101)(H,84,100)(H,85,91)(H,86,103)(H,92,93)(H,94,95)/t38-,39-,40-,45-,46-,47-,48-,49-,50-,51-,52-,57-,58-/m0/s1. The van der Waals surface area contributed by atoms with Crippen LogP contribution in [0.4, 0.5) is 0 Å². The van der Waals surface area contributed by atoms with Gasteiger partial charge in [-0.3, -0.25) is 76.7 Å². The van der Waals surface area contributed by atoms with Gasteiger partial charge in [-0.05, 0) is 126 Å². The quantitative estimate of drug-likeness (QED) is 0.0276. The molecule has 13 atom stereocenters. The summed E-state index contributed by atoms with van der Waals surface area (Å²) in [6.07, 6.45) is 0.457. The van der Waals surface area contributed by atoms with Gasteiger partial charge in [-0.1, -0.05) is 83.0 Å². The summed E-state index contributed by atoms with van der Waals surface area (Å²) in [5.41, 5.74) is 23.6. The van der Waals surface area contributed by atoms with Crippen LogP contribution in [0.2, 0.25) is 0 Å². The molecule has 0 saturated heterocycles. The summed E-state index contributed by atoms with van der Waals surface area (Å²) in [7, 11) is 0. The average molecular weight is 1500 g/mol. The fraction of sp³-hybridized carbons (Fsp3) is 0.594. The highest BCUT2D eigenvalue weighted by Crippen LogP contribution is 2.16. The molecule has 37 heteroatoms. The number of nitrogens with one attached hydrogen (secondary N) is 13. The van der Waals surface area contributed by atoms with Crippen LogP contribution in [0.25, 0.3) is 0 Å². The first-order valence-electron chi connectivity index (χ1n) is 35.3. The zero-order valence-electron chi connectivity index (χ0n) is 60.9. The Bertz CT molecular complexity index is 3240. The van der Waals surface area contributed by atoms with Gasteiger partial charge in [-0.2, -0.15) is 0 Å². The fourth-order valence-corrected chi connectivity index (χ4v) is 10.5. The van der Waals surface area contributed by atoms with Gasteiger partial charge in [0.25, 0.3) is 0 Å². The molecule has 2 rings (SSSR count). The van der Waals surface area contributed by atoms with Crippen molar-refractivity contribution < 1.29 is 97.1 Å². The van der Waals surface area contributed by atoms with Crippen LogP contribution in [-0.4, -0.2) is 221 Å². The Labute approximate surface area is 615 Å². The number of carbonyl (C=O) groups excluding carboxylic acids is 14. The van der Waals surface area contributed by atoms with Crippen LogP contribution < -0.4 is 92.1 Å². The highest BCUT2D eigenvalue weighted by molar-refractivity contribution is 6.00. The Kier molecular flexibility index (Phi) is 42.7. The molecule has 106 heavy (non-hydrogen) atoms. The molecule has 0 spiro atoms. The van der Waals surface area contributed by atoms with Gasteiger partial charge in [0.05, 0.1) is 26.1 Å². The highest BCUT2D eigenvalue weighted by atomic mass is 16.4. The molecule has 2 aromatic rings. The van der Waals surface area contributed by atoms with Crippen LogP contribution in [0, 0.1) is 11.8 Å². The van der Waals surface area contributed by atoms with E-state index in [1.807, 2.05) is 0 Å². The van der Waals surface area contributed by atoms with Crippen LogP contribution in [-0.2, 0) is 89.6 Å². The summed E-state index contributed by atoms with van der Waals surface area (Å²) >= 11 is 0. The molecule has 0 aliphatic carbocycles. The Hall–Kier alpha value is -10.4. The molecule has 0 aromatic heterocycles. The minimum Gasteiger partial charge on any atom is -0.508 e. The number of carbonyl (C=O) groups is 16. The van der Waals surface area contributed by atoms with E-state index in [0.29, 0.717) is 43.4 Å². The molecule has 0 unspecified atom stereocenters. The molecule has 2 aromatic carbocycles. The molecule has 0 aliphatic heterocycles. The van der Waals surface area contributed by atoms with E-state index in [1.54, 1.807) is 58.0 Å². The van der Waals surface area contributed by atoms with E-state index in [-0.39, 0.29) is 76.6 Å². The summed E-state index contributed by atoms with van der Waals surface area (Å²) in [4.78, 5) is 213. The molecular formula is C69H109N17O20. The molecule has 0 aliphatic rings. The third kappa shape index (κ3) is 34.9. The van der Waals surface area contributed by atoms with Crippen molar-refractivity contribution in [3.8, 4) is 5.75 Å². The van der Waals surface area contributed by atoms with E-state index in [9.17, 15) is 92.0 Å². The number of rotatable bonds is 52. The second-order valence-electron chi connectivity index (χ2n) is 25.7. The molecule has 37 nitrogen and oxygen atoms in total. The third-order valence-corrected chi connectivity index (χ3v) is 17.1. The fourth-order valence-electron chi connectivity index (χ4n) is 10.5. The van der Waals surface area contributed by atoms with Crippen molar-refractivity contribution in [2.75, 3.05) is 39.3 Å². The molecule has 14 amide bonds. The van der Waals surface area contributed by atoms with Crippen molar-refractivity contribution in [1.82, 2.24) is 69.1 Å². The number of aromatic hydroxyl groups is 1. The summed E-state index contributed by atoms with van der Waals surface area (Å²) in [5.74, 6) is -17.1. The molecule has 590 valence electrons.